The summed E-state index contributed by atoms with van der Waals surface area (Å²) in [4.78, 5) is 10.7. The Morgan fingerprint density at radius 3 is 1.92 bits per heavy atom. The van der Waals surface area contributed by atoms with Crippen LogP contribution in [0, 0.1) is 0 Å². The van der Waals surface area contributed by atoms with Crippen molar-refractivity contribution in [1.82, 2.24) is 0 Å². The molecule has 0 aromatic rings. The Morgan fingerprint density at radius 1 is 1.08 bits per heavy atom. The molecule has 0 amide bonds. The van der Waals surface area contributed by atoms with Gasteiger partial charge < -0.3 is 25.5 Å². The molecule has 0 fully saturated rings. The summed E-state index contributed by atoms with van der Waals surface area (Å²) in [6.45, 7) is -1.61. The lowest BCUT2D eigenvalue weighted by molar-refractivity contribution is -0.144. The second-order valence-corrected chi connectivity index (χ2v) is 2.30. The van der Waals surface area contributed by atoms with Gasteiger partial charge in [0.2, 0.25) is 0 Å². The van der Waals surface area contributed by atoms with Crippen LogP contribution in [0.4, 0.5) is 0 Å². The molecule has 12 heavy (non-hydrogen) atoms. The maximum atomic E-state index is 10.7. The molecular weight excluding hydrogens is 169 g/mol. The van der Waals surface area contributed by atoms with Gasteiger partial charge in [0.1, 0.15) is 18.3 Å². The molecule has 0 radical (unpaired) electrons. The average Bonchev–Trinajstić information content (AvgIpc) is 2.12. The lowest BCUT2D eigenvalue weighted by atomic mass is 10.2. The lowest BCUT2D eigenvalue weighted by Gasteiger charge is -2.16. The van der Waals surface area contributed by atoms with Crippen LogP contribution in [0.3, 0.4) is 0 Å². The van der Waals surface area contributed by atoms with Crippen LogP contribution in [0.1, 0.15) is 0 Å². The van der Waals surface area contributed by atoms with E-state index in [2.05, 4.69) is 0 Å². The van der Waals surface area contributed by atoms with E-state index in [1.807, 2.05) is 0 Å². The zero-order valence-electron chi connectivity index (χ0n) is 6.29. The molecule has 0 heterocycles. The van der Waals surface area contributed by atoms with E-state index < -0.39 is 37.3 Å². The number of carbonyl (C=O) groups excluding carboxylic acids is 1. The van der Waals surface area contributed by atoms with Crippen LogP contribution in [0.25, 0.3) is 0 Å². The topological polar surface area (TPSA) is 118 Å². The van der Waals surface area contributed by atoms with Gasteiger partial charge in [0.15, 0.2) is 5.78 Å². The minimum absolute atomic E-state index is 0.787. The van der Waals surface area contributed by atoms with E-state index in [9.17, 15) is 4.79 Å². The van der Waals surface area contributed by atoms with E-state index in [1.54, 1.807) is 0 Å². The molecule has 0 rings (SSSR count). The molecule has 5 N–H and O–H groups in total. The fraction of sp³-hybridized carbons (Fsp3) is 0.833. The number of hydrogen-bond acceptors (Lipinski definition) is 6. The van der Waals surface area contributed by atoms with Gasteiger partial charge in [-0.3, -0.25) is 4.79 Å². The fourth-order valence-electron chi connectivity index (χ4n) is 0.577. The molecule has 0 aromatic carbocycles. The van der Waals surface area contributed by atoms with Crippen molar-refractivity contribution >= 4 is 5.78 Å². The average molecular weight is 181 g/mol. The Labute approximate surface area is 68.7 Å². The molecule has 3 atom stereocenters. The minimum Gasteiger partial charge on any atom is -0.394 e. The number of carbonyl (C=O) groups is 1. The van der Waals surface area contributed by atoms with Crippen LogP contribution in [-0.2, 0) is 4.79 Å². The molecule has 0 aliphatic carbocycles. The maximum Gasteiger partial charge on any atom is 0.194 e. The van der Waals surface area contributed by atoms with Crippen molar-refractivity contribution in [2.45, 2.75) is 18.3 Å². The van der Waals surface area contributed by atoms with E-state index in [1.165, 1.54) is 0 Å². The summed E-state index contributed by atoms with van der Waals surface area (Å²) in [5.41, 5.74) is 0. The van der Waals surface area contributed by atoms with E-state index in [-0.39, 0.29) is 0 Å². The molecule has 0 saturated carbocycles. The van der Waals surface area contributed by atoms with Gasteiger partial charge in [-0.15, -0.1) is 0 Å². The molecule has 0 aliphatic heterocycles. The zero-order valence-corrected chi connectivity index (χ0v) is 6.29. The molecule has 0 bridgehead atoms. The van der Waals surface area contributed by atoms with Crippen molar-refractivity contribution in [3.63, 3.8) is 0 Å². The molecule has 0 aromatic heterocycles. The summed E-state index contributed by atoms with van der Waals surface area (Å²) in [6, 6.07) is 0. The van der Waals surface area contributed by atoms with Crippen LogP contribution >= 0.6 is 0 Å². The third-order valence-corrected chi connectivity index (χ3v) is 1.34. The van der Waals surface area contributed by atoms with E-state index >= 15 is 0 Å². The summed E-state index contributed by atoms with van der Waals surface area (Å²) in [5.74, 6) is -1.11. The molecule has 0 saturated heterocycles. The van der Waals surface area contributed by atoms with Gasteiger partial charge in [0, 0.05) is 0 Å². The maximum absolute atomic E-state index is 10.7. The van der Waals surface area contributed by atoms with Crippen molar-refractivity contribution in [3.8, 4) is 0 Å². The van der Waals surface area contributed by atoms with Gasteiger partial charge in [-0.2, -0.15) is 0 Å². The number of aliphatic hydroxyl groups is 5. The highest BCUT2D eigenvalue weighted by molar-refractivity contribution is 5.87. The summed E-state index contributed by atoms with van der Waals surface area (Å²) < 4.78 is 0. The first kappa shape index (κ1) is 11.5. The van der Waals surface area contributed by atoms with Crippen LogP contribution in [-0.4, -0.2) is 62.8 Å². The Bertz CT molecular complexity index is 147. The molecule has 6 heteroatoms. The van der Waals surface area contributed by atoms with Gasteiger partial charge in [0.25, 0.3) is 0 Å². The standard InChI is InChI=1S/C6H12O6/c7-1-3(9)5(11)6(12)4(10)2-8/h3-5,7-11H,1-2H2/t3-,4+,5-/m1/s1/i6+1. The van der Waals surface area contributed by atoms with E-state index in [0.717, 1.165) is 0 Å². The predicted octanol–water partition coefficient (Wildman–Crippen LogP) is -3.38. The van der Waals surface area contributed by atoms with Crippen molar-refractivity contribution < 1.29 is 30.3 Å². The van der Waals surface area contributed by atoms with Gasteiger partial charge in [-0.05, 0) is 0 Å². The van der Waals surface area contributed by atoms with Gasteiger partial charge in [0.05, 0.1) is 13.2 Å². The quantitative estimate of drug-likeness (QED) is 0.282. The monoisotopic (exact) mass is 181 g/mol. The van der Waals surface area contributed by atoms with Crippen LogP contribution in [0.15, 0.2) is 0 Å². The van der Waals surface area contributed by atoms with E-state index in [0.29, 0.717) is 0 Å². The Kier molecular flexibility index (Phi) is 4.95. The van der Waals surface area contributed by atoms with Gasteiger partial charge in [-0.25, -0.2) is 0 Å². The van der Waals surface area contributed by atoms with Crippen LogP contribution in [0.2, 0.25) is 0 Å². The molecule has 0 spiro atoms. The van der Waals surface area contributed by atoms with Gasteiger partial charge >= 0.3 is 0 Å². The largest absolute Gasteiger partial charge is 0.394 e. The van der Waals surface area contributed by atoms with Crippen LogP contribution in [0.5, 0.6) is 0 Å². The Balaban J connectivity index is 4.09. The van der Waals surface area contributed by atoms with Crippen molar-refractivity contribution in [2.75, 3.05) is 13.2 Å². The first-order valence-corrected chi connectivity index (χ1v) is 3.34. The van der Waals surface area contributed by atoms with Crippen molar-refractivity contribution in [3.05, 3.63) is 0 Å². The fourth-order valence-corrected chi connectivity index (χ4v) is 0.577. The number of rotatable bonds is 5. The number of ketones is 1. The number of aliphatic hydroxyl groups excluding tert-OH is 5. The van der Waals surface area contributed by atoms with Crippen molar-refractivity contribution in [2.24, 2.45) is 0 Å². The predicted molar refractivity (Wildman–Crippen MR) is 37.2 cm³/mol. The smallest absolute Gasteiger partial charge is 0.194 e. The molecule has 0 unspecified atom stereocenters. The second-order valence-electron chi connectivity index (χ2n) is 2.30. The molecule has 0 aliphatic rings. The highest BCUT2D eigenvalue weighted by Crippen LogP contribution is 1.98. The third-order valence-electron chi connectivity index (χ3n) is 1.34. The highest BCUT2D eigenvalue weighted by Gasteiger charge is 2.28. The molecular formula is C6H12O6. The summed E-state index contributed by atoms with van der Waals surface area (Å²) in [7, 11) is 0. The van der Waals surface area contributed by atoms with Gasteiger partial charge in [-0.1, -0.05) is 0 Å². The Hall–Kier alpha value is -0.530. The summed E-state index contributed by atoms with van der Waals surface area (Å²) in [6.07, 6.45) is -5.21. The zero-order chi connectivity index (χ0) is 9.72. The normalized spacial score (nSPS) is 18.4. The summed E-state index contributed by atoms with van der Waals surface area (Å²) >= 11 is 0. The first-order valence-electron chi connectivity index (χ1n) is 3.34. The number of Topliss-reactive ketones (excluding diaryl/α,β-unsaturated/α-hetero) is 1. The second kappa shape index (κ2) is 5.18. The first-order chi connectivity index (χ1) is 5.54. The lowest BCUT2D eigenvalue weighted by Crippen LogP contribution is -2.43. The highest BCUT2D eigenvalue weighted by atomic mass is 16.4. The molecule has 6 nitrogen and oxygen atoms in total. The van der Waals surface area contributed by atoms with E-state index in [4.69, 9.17) is 25.5 Å². The van der Waals surface area contributed by atoms with Crippen molar-refractivity contribution in [1.29, 1.82) is 0 Å². The minimum atomic E-state index is -1.86. The third kappa shape index (κ3) is 2.84. The van der Waals surface area contributed by atoms with Crippen LogP contribution < -0.4 is 0 Å². The molecule has 72 valence electrons. The Morgan fingerprint density at radius 2 is 1.58 bits per heavy atom. The summed E-state index contributed by atoms with van der Waals surface area (Å²) in [5, 5.41) is 42.9. The number of hydrogen-bond donors (Lipinski definition) is 5. The SMILES string of the molecule is O=[13C]([C@H](O)[C@H](O)CO)[C@@H](O)CO.